The van der Waals surface area contributed by atoms with Gasteiger partial charge in [0.2, 0.25) is 0 Å². The maximum atomic E-state index is 12.3. The number of methoxy groups -OCH3 is 1. The van der Waals surface area contributed by atoms with E-state index in [2.05, 4.69) is 5.32 Å². The predicted octanol–water partition coefficient (Wildman–Crippen LogP) is 2.39. The van der Waals surface area contributed by atoms with Crippen LogP contribution in [0, 0.1) is 13.8 Å². The number of benzene rings is 1. The van der Waals surface area contributed by atoms with E-state index in [4.69, 9.17) is 15.4 Å². The quantitative estimate of drug-likeness (QED) is 0.840. The van der Waals surface area contributed by atoms with Gasteiger partial charge in [-0.2, -0.15) is 0 Å². The van der Waals surface area contributed by atoms with Crippen LogP contribution < -0.4 is 5.32 Å². The van der Waals surface area contributed by atoms with Crippen molar-refractivity contribution < 1.29 is 17.9 Å². The standard InChI is InChI=1S/C14H20ClNO4S/c1-9-6-11(21(15,18)19)7-12(10(9)2)13(17)16-8-14(3,4)20-5/h6-7H,8H2,1-5H3,(H,16,17). The molecule has 0 spiro atoms. The highest BCUT2D eigenvalue weighted by atomic mass is 35.7. The molecule has 0 bridgehead atoms. The first-order chi connectivity index (χ1) is 9.48. The molecule has 0 aliphatic rings. The van der Waals surface area contributed by atoms with E-state index in [1.54, 1.807) is 21.0 Å². The van der Waals surface area contributed by atoms with Gasteiger partial charge >= 0.3 is 0 Å². The molecule has 0 aliphatic heterocycles. The van der Waals surface area contributed by atoms with Gasteiger partial charge in [-0.1, -0.05) is 0 Å². The van der Waals surface area contributed by atoms with E-state index in [0.29, 0.717) is 23.2 Å². The molecule has 0 aliphatic carbocycles. The molecule has 0 radical (unpaired) electrons. The summed E-state index contributed by atoms with van der Waals surface area (Å²) in [5.74, 6) is -0.358. The van der Waals surface area contributed by atoms with Crippen LogP contribution in [0.4, 0.5) is 0 Å². The lowest BCUT2D eigenvalue weighted by atomic mass is 10.0. The Balaban J connectivity index is 3.13. The molecular formula is C14H20ClNO4S. The van der Waals surface area contributed by atoms with Gasteiger partial charge in [0.05, 0.1) is 10.5 Å². The van der Waals surface area contributed by atoms with E-state index in [9.17, 15) is 13.2 Å². The highest BCUT2D eigenvalue weighted by Gasteiger charge is 2.21. The lowest BCUT2D eigenvalue weighted by Crippen LogP contribution is -2.40. The van der Waals surface area contributed by atoms with E-state index >= 15 is 0 Å². The minimum absolute atomic E-state index is 0.0802. The van der Waals surface area contributed by atoms with Crippen LogP contribution in [0.25, 0.3) is 0 Å². The fraction of sp³-hybridized carbons (Fsp3) is 0.500. The Morgan fingerprint density at radius 1 is 1.33 bits per heavy atom. The fourth-order valence-corrected chi connectivity index (χ4v) is 2.51. The monoisotopic (exact) mass is 333 g/mol. The van der Waals surface area contributed by atoms with Crippen LogP contribution in [0.1, 0.15) is 35.3 Å². The average molecular weight is 334 g/mol. The predicted molar refractivity (Wildman–Crippen MR) is 82.4 cm³/mol. The van der Waals surface area contributed by atoms with Crippen LogP contribution >= 0.6 is 10.7 Å². The van der Waals surface area contributed by atoms with E-state index in [0.717, 1.165) is 0 Å². The topological polar surface area (TPSA) is 72.5 Å². The first-order valence-electron chi connectivity index (χ1n) is 6.37. The maximum Gasteiger partial charge on any atom is 0.261 e. The first-order valence-corrected chi connectivity index (χ1v) is 8.68. The molecule has 1 rings (SSSR count). The minimum Gasteiger partial charge on any atom is -0.377 e. The molecule has 0 saturated carbocycles. The molecule has 1 aromatic rings. The van der Waals surface area contributed by atoms with Crippen molar-refractivity contribution in [2.75, 3.05) is 13.7 Å². The Labute approximate surface area is 130 Å². The molecule has 0 saturated heterocycles. The summed E-state index contributed by atoms with van der Waals surface area (Å²) in [6.07, 6.45) is 0. The van der Waals surface area contributed by atoms with Gasteiger partial charge in [0.25, 0.3) is 15.0 Å². The molecule has 0 aromatic heterocycles. The summed E-state index contributed by atoms with van der Waals surface area (Å²) < 4.78 is 28.1. The van der Waals surface area contributed by atoms with Crippen LogP contribution in [-0.4, -0.2) is 33.6 Å². The Hall–Kier alpha value is -1.11. The van der Waals surface area contributed by atoms with Gasteiger partial charge in [0.1, 0.15) is 0 Å². The van der Waals surface area contributed by atoms with Crippen molar-refractivity contribution in [1.29, 1.82) is 0 Å². The molecule has 21 heavy (non-hydrogen) atoms. The van der Waals surface area contributed by atoms with Gasteiger partial charge in [-0.05, 0) is 51.0 Å². The van der Waals surface area contributed by atoms with Crippen molar-refractivity contribution in [1.82, 2.24) is 5.32 Å². The molecule has 1 amide bonds. The largest absolute Gasteiger partial charge is 0.377 e. The fourth-order valence-electron chi connectivity index (χ4n) is 1.66. The Morgan fingerprint density at radius 2 is 1.90 bits per heavy atom. The molecule has 1 aromatic carbocycles. The van der Waals surface area contributed by atoms with Gasteiger partial charge in [0, 0.05) is 29.9 Å². The van der Waals surface area contributed by atoms with Crippen molar-refractivity contribution in [3.8, 4) is 0 Å². The van der Waals surface area contributed by atoms with E-state index in [1.807, 2.05) is 13.8 Å². The van der Waals surface area contributed by atoms with E-state index < -0.39 is 14.7 Å². The van der Waals surface area contributed by atoms with Crippen LogP contribution in [-0.2, 0) is 13.8 Å². The first kappa shape index (κ1) is 17.9. The van der Waals surface area contributed by atoms with E-state index in [-0.39, 0.29) is 10.8 Å². The molecule has 7 heteroatoms. The number of carbonyl (C=O) groups excluding carboxylic acids is 1. The summed E-state index contributed by atoms with van der Waals surface area (Å²) in [6, 6.07) is 2.74. The molecule has 118 valence electrons. The number of amides is 1. The summed E-state index contributed by atoms with van der Waals surface area (Å²) in [6.45, 7) is 7.47. The minimum atomic E-state index is -3.88. The normalized spacial score (nSPS) is 12.3. The molecule has 0 unspecified atom stereocenters. The number of hydrogen-bond acceptors (Lipinski definition) is 4. The van der Waals surface area contributed by atoms with Crippen molar-refractivity contribution in [3.63, 3.8) is 0 Å². The SMILES string of the molecule is COC(C)(C)CNC(=O)c1cc(S(=O)(=O)Cl)cc(C)c1C. The number of carbonyl (C=O) groups is 1. The summed E-state index contributed by atoms with van der Waals surface area (Å²) in [5.41, 5.74) is 1.19. The lowest BCUT2D eigenvalue weighted by Gasteiger charge is -2.23. The van der Waals surface area contributed by atoms with Gasteiger partial charge in [-0.25, -0.2) is 8.42 Å². The third kappa shape index (κ3) is 4.69. The van der Waals surface area contributed by atoms with E-state index in [1.165, 1.54) is 12.1 Å². The van der Waals surface area contributed by atoms with Gasteiger partial charge < -0.3 is 10.1 Å². The number of nitrogens with one attached hydrogen (secondary N) is 1. The smallest absolute Gasteiger partial charge is 0.261 e. The number of hydrogen-bond donors (Lipinski definition) is 1. The Morgan fingerprint density at radius 3 is 2.38 bits per heavy atom. The van der Waals surface area contributed by atoms with Crippen molar-refractivity contribution in [2.45, 2.75) is 38.2 Å². The second-order valence-corrected chi connectivity index (χ2v) is 8.06. The molecule has 0 fully saturated rings. The Kier molecular flexibility index (Phi) is 5.41. The third-order valence-corrected chi connectivity index (χ3v) is 4.73. The van der Waals surface area contributed by atoms with Crippen LogP contribution in [0.3, 0.4) is 0 Å². The van der Waals surface area contributed by atoms with Gasteiger partial charge in [-0.15, -0.1) is 0 Å². The van der Waals surface area contributed by atoms with Crippen LogP contribution in [0.5, 0.6) is 0 Å². The van der Waals surface area contributed by atoms with Gasteiger partial charge in [0.15, 0.2) is 0 Å². The highest BCUT2D eigenvalue weighted by Crippen LogP contribution is 2.22. The van der Waals surface area contributed by atoms with Crippen molar-refractivity contribution in [3.05, 3.63) is 28.8 Å². The highest BCUT2D eigenvalue weighted by molar-refractivity contribution is 8.13. The van der Waals surface area contributed by atoms with Crippen molar-refractivity contribution >= 4 is 25.6 Å². The average Bonchev–Trinajstić information content (AvgIpc) is 2.38. The summed E-state index contributed by atoms with van der Waals surface area (Å²) in [5, 5.41) is 2.74. The molecule has 0 atom stereocenters. The maximum absolute atomic E-state index is 12.3. The number of aryl methyl sites for hydroxylation is 1. The number of ether oxygens (including phenoxy) is 1. The summed E-state index contributed by atoms with van der Waals surface area (Å²) >= 11 is 0. The lowest BCUT2D eigenvalue weighted by molar-refractivity contribution is 0.0228. The molecular weight excluding hydrogens is 314 g/mol. The summed E-state index contributed by atoms with van der Waals surface area (Å²) in [4.78, 5) is 12.2. The Bertz CT molecular complexity index is 653. The molecule has 5 nitrogen and oxygen atoms in total. The van der Waals surface area contributed by atoms with Gasteiger partial charge in [-0.3, -0.25) is 4.79 Å². The zero-order valence-corrected chi connectivity index (χ0v) is 14.4. The molecule has 0 heterocycles. The zero-order chi connectivity index (χ0) is 16.4. The second-order valence-electron chi connectivity index (χ2n) is 5.50. The summed E-state index contributed by atoms with van der Waals surface area (Å²) in [7, 11) is 3.03. The second kappa shape index (κ2) is 6.34. The van der Waals surface area contributed by atoms with Crippen LogP contribution in [0.15, 0.2) is 17.0 Å². The number of rotatable bonds is 5. The third-order valence-electron chi connectivity index (χ3n) is 3.39. The molecule has 1 N–H and O–H groups in total. The van der Waals surface area contributed by atoms with Crippen LogP contribution in [0.2, 0.25) is 0 Å². The van der Waals surface area contributed by atoms with Crippen molar-refractivity contribution in [2.24, 2.45) is 0 Å². The number of halogens is 1. The zero-order valence-electron chi connectivity index (χ0n) is 12.8.